The molecule has 8 nitrogen and oxygen atoms in total. The number of carbonyl (C=O) groups excluding carboxylic acids is 1. The maximum atomic E-state index is 12.1. The molecule has 0 bridgehead atoms. The summed E-state index contributed by atoms with van der Waals surface area (Å²) in [5.74, 6) is 1.71. The van der Waals surface area contributed by atoms with Gasteiger partial charge in [0.15, 0.2) is 5.96 Å². The molecule has 1 aliphatic rings. The standard InChI is InChI=1S/C22H31N7O.HI/c1-4-17(2)20(30)27-19-8-5-7-18(15-19)16-26-21(23-3)28-11-13-29(14-12-28)22-24-9-6-10-25-22;/h5-10,15,17H,4,11-14,16H2,1-3H3,(H,23,26)(H,27,30);1H. The molecule has 1 saturated heterocycles. The molecule has 1 atom stereocenters. The van der Waals surface area contributed by atoms with E-state index in [2.05, 4.69) is 35.4 Å². The second kappa shape index (κ2) is 12.4. The lowest BCUT2D eigenvalue weighted by atomic mass is 10.1. The van der Waals surface area contributed by atoms with Crippen molar-refractivity contribution in [3.8, 4) is 0 Å². The lowest BCUT2D eigenvalue weighted by Crippen LogP contribution is -2.52. The number of amides is 1. The highest BCUT2D eigenvalue weighted by Gasteiger charge is 2.21. The fraction of sp³-hybridized carbons (Fsp3) is 0.455. The Bertz CT molecular complexity index is 854. The first-order chi connectivity index (χ1) is 14.6. The Labute approximate surface area is 201 Å². The number of hydrogen-bond donors (Lipinski definition) is 2. The molecule has 1 aromatic heterocycles. The van der Waals surface area contributed by atoms with Gasteiger partial charge in [-0.15, -0.1) is 24.0 Å². The Morgan fingerprint density at radius 1 is 1.16 bits per heavy atom. The van der Waals surface area contributed by atoms with E-state index in [0.29, 0.717) is 6.54 Å². The van der Waals surface area contributed by atoms with Crippen molar-refractivity contribution in [1.82, 2.24) is 20.2 Å². The Kier molecular flexibility index (Phi) is 9.96. The average molecular weight is 537 g/mol. The molecule has 9 heteroatoms. The maximum Gasteiger partial charge on any atom is 0.227 e. The molecule has 2 N–H and O–H groups in total. The zero-order valence-corrected chi connectivity index (χ0v) is 20.7. The summed E-state index contributed by atoms with van der Waals surface area (Å²) in [4.78, 5) is 29.7. The van der Waals surface area contributed by atoms with E-state index in [4.69, 9.17) is 0 Å². The van der Waals surface area contributed by atoms with E-state index in [9.17, 15) is 4.79 Å². The van der Waals surface area contributed by atoms with Gasteiger partial charge in [-0.05, 0) is 30.2 Å². The van der Waals surface area contributed by atoms with Gasteiger partial charge in [0.25, 0.3) is 0 Å². The number of guanidine groups is 1. The lowest BCUT2D eigenvalue weighted by Gasteiger charge is -2.36. The minimum atomic E-state index is 0. The average Bonchev–Trinajstić information content (AvgIpc) is 2.80. The fourth-order valence-electron chi connectivity index (χ4n) is 3.30. The highest BCUT2D eigenvalue weighted by molar-refractivity contribution is 14.0. The number of piperazine rings is 1. The monoisotopic (exact) mass is 537 g/mol. The smallest absolute Gasteiger partial charge is 0.227 e. The zero-order chi connectivity index (χ0) is 21.3. The summed E-state index contributed by atoms with van der Waals surface area (Å²) in [7, 11) is 1.80. The number of halogens is 1. The molecule has 1 fully saturated rings. The van der Waals surface area contributed by atoms with E-state index >= 15 is 0 Å². The largest absolute Gasteiger partial charge is 0.352 e. The van der Waals surface area contributed by atoms with Crippen LogP contribution < -0.4 is 15.5 Å². The first-order valence-corrected chi connectivity index (χ1v) is 10.5. The molecular weight excluding hydrogens is 505 g/mol. The molecular formula is C22H32IN7O. The van der Waals surface area contributed by atoms with E-state index in [1.165, 1.54) is 0 Å². The molecule has 1 unspecified atom stereocenters. The normalized spacial score (nSPS) is 15.1. The number of nitrogens with one attached hydrogen (secondary N) is 2. The zero-order valence-electron chi connectivity index (χ0n) is 18.4. The quantitative estimate of drug-likeness (QED) is 0.335. The van der Waals surface area contributed by atoms with Crippen molar-refractivity contribution in [2.75, 3.05) is 43.4 Å². The van der Waals surface area contributed by atoms with Crippen molar-refractivity contribution in [1.29, 1.82) is 0 Å². The van der Waals surface area contributed by atoms with Crippen molar-refractivity contribution in [3.63, 3.8) is 0 Å². The molecule has 168 valence electrons. The Morgan fingerprint density at radius 3 is 2.52 bits per heavy atom. The van der Waals surface area contributed by atoms with Crippen molar-refractivity contribution in [2.24, 2.45) is 10.9 Å². The van der Waals surface area contributed by atoms with Crippen molar-refractivity contribution < 1.29 is 4.79 Å². The molecule has 1 aromatic carbocycles. The van der Waals surface area contributed by atoms with E-state index in [0.717, 1.165) is 55.8 Å². The van der Waals surface area contributed by atoms with Gasteiger partial charge in [-0.25, -0.2) is 9.97 Å². The maximum absolute atomic E-state index is 12.1. The number of carbonyl (C=O) groups is 1. The van der Waals surface area contributed by atoms with Crippen LogP contribution in [0.25, 0.3) is 0 Å². The van der Waals surface area contributed by atoms with Gasteiger partial charge in [-0.1, -0.05) is 26.0 Å². The second-order valence-corrected chi connectivity index (χ2v) is 7.42. The van der Waals surface area contributed by atoms with Crippen molar-refractivity contribution in [2.45, 2.75) is 26.8 Å². The van der Waals surface area contributed by atoms with Crippen LogP contribution in [0.5, 0.6) is 0 Å². The molecule has 1 amide bonds. The number of aromatic nitrogens is 2. The number of hydrogen-bond acceptors (Lipinski definition) is 5. The van der Waals surface area contributed by atoms with Gasteiger partial charge < -0.3 is 20.4 Å². The minimum absolute atomic E-state index is 0. The second-order valence-electron chi connectivity index (χ2n) is 7.42. The molecule has 0 aliphatic carbocycles. The van der Waals surface area contributed by atoms with Crippen LogP contribution in [-0.4, -0.2) is 60.0 Å². The third-order valence-electron chi connectivity index (χ3n) is 5.33. The Morgan fingerprint density at radius 2 is 1.87 bits per heavy atom. The van der Waals surface area contributed by atoms with Gasteiger partial charge in [-0.3, -0.25) is 9.79 Å². The van der Waals surface area contributed by atoms with Crippen molar-refractivity contribution in [3.05, 3.63) is 48.3 Å². The Balaban J connectivity index is 0.00000341. The summed E-state index contributed by atoms with van der Waals surface area (Å²) in [6.45, 7) is 7.99. The van der Waals surface area contributed by atoms with E-state index in [1.54, 1.807) is 19.4 Å². The van der Waals surface area contributed by atoms with Crippen LogP contribution in [-0.2, 0) is 11.3 Å². The van der Waals surface area contributed by atoms with Crippen LogP contribution in [0.4, 0.5) is 11.6 Å². The van der Waals surface area contributed by atoms with Gasteiger partial charge in [0, 0.05) is 63.8 Å². The van der Waals surface area contributed by atoms with E-state index < -0.39 is 0 Å². The van der Waals surface area contributed by atoms with Gasteiger partial charge >= 0.3 is 0 Å². The van der Waals surface area contributed by atoms with Gasteiger partial charge in [0.1, 0.15) is 0 Å². The molecule has 3 rings (SSSR count). The molecule has 0 spiro atoms. The highest BCUT2D eigenvalue weighted by Crippen LogP contribution is 2.14. The van der Waals surface area contributed by atoms with Gasteiger partial charge in [0.2, 0.25) is 11.9 Å². The number of rotatable bonds is 6. The van der Waals surface area contributed by atoms with Crippen LogP contribution in [0.3, 0.4) is 0 Å². The number of aliphatic imine (C=N–C) groups is 1. The fourth-order valence-corrected chi connectivity index (χ4v) is 3.30. The van der Waals surface area contributed by atoms with Crippen LogP contribution in [0.1, 0.15) is 25.8 Å². The summed E-state index contributed by atoms with van der Waals surface area (Å²) < 4.78 is 0. The van der Waals surface area contributed by atoms with Crippen LogP contribution >= 0.6 is 24.0 Å². The molecule has 1 aliphatic heterocycles. The van der Waals surface area contributed by atoms with Gasteiger partial charge in [-0.2, -0.15) is 0 Å². The van der Waals surface area contributed by atoms with Crippen LogP contribution in [0, 0.1) is 5.92 Å². The molecule has 31 heavy (non-hydrogen) atoms. The SMILES string of the molecule is CCC(C)C(=O)Nc1cccc(CNC(=NC)N2CCN(c3ncccn3)CC2)c1.I. The summed E-state index contributed by atoms with van der Waals surface area (Å²) in [5, 5.41) is 6.43. The molecule has 0 radical (unpaired) electrons. The van der Waals surface area contributed by atoms with Crippen LogP contribution in [0.15, 0.2) is 47.7 Å². The third-order valence-corrected chi connectivity index (χ3v) is 5.33. The summed E-state index contributed by atoms with van der Waals surface area (Å²) in [6, 6.07) is 9.76. The Hall–Kier alpha value is -2.43. The van der Waals surface area contributed by atoms with E-state index in [-0.39, 0.29) is 35.8 Å². The van der Waals surface area contributed by atoms with Crippen LogP contribution in [0.2, 0.25) is 0 Å². The van der Waals surface area contributed by atoms with Crippen molar-refractivity contribution >= 4 is 47.5 Å². The summed E-state index contributed by atoms with van der Waals surface area (Å²) in [5.41, 5.74) is 1.92. The summed E-state index contributed by atoms with van der Waals surface area (Å²) >= 11 is 0. The van der Waals surface area contributed by atoms with Gasteiger partial charge in [0.05, 0.1) is 0 Å². The molecule has 0 saturated carbocycles. The molecule has 2 heterocycles. The first kappa shape index (κ1) is 24.8. The minimum Gasteiger partial charge on any atom is -0.352 e. The first-order valence-electron chi connectivity index (χ1n) is 10.5. The predicted octanol–water partition coefficient (Wildman–Crippen LogP) is 2.98. The number of anilines is 2. The number of nitrogens with zero attached hydrogens (tertiary/aromatic N) is 5. The lowest BCUT2D eigenvalue weighted by molar-refractivity contribution is -0.119. The predicted molar refractivity (Wildman–Crippen MR) is 136 cm³/mol. The highest BCUT2D eigenvalue weighted by atomic mass is 127. The topological polar surface area (TPSA) is 85.8 Å². The number of benzene rings is 1. The molecule has 2 aromatic rings. The summed E-state index contributed by atoms with van der Waals surface area (Å²) in [6.07, 6.45) is 4.37. The third kappa shape index (κ3) is 7.05. The van der Waals surface area contributed by atoms with E-state index in [1.807, 2.05) is 44.2 Å².